The van der Waals surface area contributed by atoms with E-state index in [2.05, 4.69) is 20.6 Å². The molecule has 0 fully saturated rings. The highest BCUT2D eigenvalue weighted by molar-refractivity contribution is 7.99. The van der Waals surface area contributed by atoms with E-state index in [9.17, 15) is 14.4 Å². The van der Waals surface area contributed by atoms with Crippen LogP contribution in [0.2, 0.25) is 0 Å². The van der Waals surface area contributed by atoms with Gasteiger partial charge in [-0.25, -0.2) is 4.98 Å². The molecule has 3 N–H and O–H groups in total. The standard InChI is InChI=1S/C26H30N4O6S/c1-34-20-6-4-5-18(11-20)15-28-23(31)13-19-14-24(32)30-26(29-19)37-16-25(33)27-10-9-17-7-8-21(35-2)22(12-17)36-3/h4-8,11-12,14H,9-10,13,15-16H2,1-3H3,(H,27,33)(H,28,31)(H,29,30,32). The Kier molecular flexibility index (Phi) is 10.4. The lowest BCUT2D eigenvalue weighted by atomic mass is 10.1. The molecule has 0 spiro atoms. The molecule has 2 amide bonds. The number of H-pyrrole nitrogens is 1. The number of methoxy groups -OCH3 is 3. The summed E-state index contributed by atoms with van der Waals surface area (Å²) in [5.41, 5.74) is 1.82. The van der Waals surface area contributed by atoms with Crippen LogP contribution >= 0.6 is 11.8 Å². The molecule has 1 heterocycles. The number of amides is 2. The fourth-order valence-electron chi connectivity index (χ4n) is 3.42. The summed E-state index contributed by atoms with van der Waals surface area (Å²) in [6.07, 6.45) is 0.561. The summed E-state index contributed by atoms with van der Waals surface area (Å²) in [4.78, 5) is 43.6. The number of benzene rings is 2. The Morgan fingerprint density at radius 1 is 0.919 bits per heavy atom. The molecular formula is C26H30N4O6S. The van der Waals surface area contributed by atoms with Crippen LogP contribution in [-0.2, 0) is 29.0 Å². The third-order valence-corrected chi connectivity index (χ3v) is 6.14. The maximum absolute atomic E-state index is 12.4. The van der Waals surface area contributed by atoms with Gasteiger partial charge in [-0.2, -0.15) is 0 Å². The SMILES string of the molecule is COc1cccc(CNC(=O)Cc2cc(=O)[nH]c(SCC(=O)NCCc3ccc(OC)c(OC)c3)n2)c1. The Labute approximate surface area is 219 Å². The van der Waals surface area contributed by atoms with E-state index in [1.807, 2.05) is 42.5 Å². The van der Waals surface area contributed by atoms with Crippen LogP contribution in [0.4, 0.5) is 0 Å². The number of carbonyl (C=O) groups excluding carboxylic acids is 2. The second-order valence-corrected chi connectivity index (χ2v) is 8.89. The third kappa shape index (κ3) is 8.87. The normalized spacial score (nSPS) is 10.5. The molecule has 0 aliphatic rings. The van der Waals surface area contributed by atoms with Crippen LogP contribution in [0.15, 0.2) is 58.5 Å². The highest BCUT2D eigenvalue weighted by atomic mass is 32.2. The largest absolute Gasteiger partial charge is 0.497 e. The van der Waals surface area contributed by atoms with Gasteiger partial charge in [0.05, 0.1) is 39.2 Å². The first kappa shape index (κ1) is 27.6. The summed E-state index contributed by atoms with van der Waals surface area (Å²) >= 11 is 1.09. The molecule has 0 aliphatic carbocycles. The molecule has 3 rings (SSSR count). The second-order valence-electron chi connectivity index (χ2n) is 7.92. The van der Waals surface area contributed by atoms with E-state index in [1.165, 1.54) is 6.07 Å². The maximum Gasteiger partial charge on any atom is 0.251 e. The summed E-state index contributed by atoms with van der Waals surface area (Å²) in [7, 11) is 4.73. The van der Waals surface area contributed by atoms with E-state index < -0.39 is 0 Å². The van der Waals surface area contributed by atoms with Gasteiger partial charge in [0.2, 0.25) is 11.8 Å². The van der Waals surface area contributed by atoms with Gasteiger partial charge in [-0.3, -0.25) is 14.4 Å². The number of ether oxygens (including phenoxy) is 3. The van der Waals surface area contributed by atoms with Crippen molar-refractivity contribution >= 4 is 23.6 Å². The van der Waals surface area contributed by atoms with Gasteiger partial charge in [0.15, 0.2) is 16.7 Å². The van der Waals surface area contributed by atoms with Gasteiger partial charge in [-0.05, 0) is 41.8 Å². The highest BCUT2D eigenvalue weighted by Gasteiger charge is 2.11. The molecule has 0 aliphatic heterocycles. The smallest absolute Gasteiger partial charge is 0.251 e. The van der Waals surface area contributed by atoms with Crippen LogP contribution in [0.25, 0.3) is 0 Å². The van der Waals surface area contributed by atoms with Gasteiger partial charge in [-0.1, -0.05) is 30.0 Å². The Morgan fingerprint density at radius 3 is 2.49 bits per heavy atom. The van der Waals surface area contributed by atoms with Gasteiger partial charge in [0.25, 0.3) is 5.56 Å². The molecule has 0 saturated carbocycles. The van der Waals surface area contributed by atoms with Crippen molar-refractivity contribution in [2.24, 2.45) is 0 Å². The average molecular weight is 527 g/mol. The third-order valence-electron chi connectivity index (χ3n) is 5.26. The van der Waals surface area contributed by atoms with Gasteiger partial charge in [-0.15, -0.1) is 0 Å². The minimum absolute atomic E-state index is 0.0566. The van der Waals surface area contributed by atoms with Crippen LogP contribution in [0, 0.1) is 0 Å². The number of aromatic amines is 1. The lowest BCUT2D eigenvalue weighted by Crippen LogP contribution is -2.28. The topological polar surface area (TPSA) is 132 Å². The molecule has 0 unspecified atom stereocenters. The van der Waals surface area contributed by atoms with Crippen LogP contribution in [0.3, 0.4) is 0 Å². The molecule has 11 heteroatoms. The molecule has 0 saturated heterocycles. The summed E-state index contributed by atoms with van der Waals surface area (Å²) < 4.78 is 15.7. The summed E-state index contributed by atoms with van der Waals surface area (Å²) in [5, 5.41) is 5.93. The fraction of sp³-hybridized carbons (Fsp3) is 0.308. The molecule has 0 atom stereocenters. The molecule has 196 valence electrons. The van der Waals surface area contributed by atoms with Crippen molar-refractivity contribution in [2.75, 3.05) is 33.6 Å². The molecule has 2 aromatic carbocycles. The number of rotatable bonds is 13. The first-order chi connectivity index (χ1) is 17.9. The Morgan fingerprint density at radius 2 is 1.73 bits per heavy atom. The van der Waals surface area contributed by atoms with Gasteiger partial charge in [0.1, 0.15) is 5.75 Å². The predicted octanol–water partition coefficient (Wildman–Crippen LogP) is 2.11. The van der Waals surface area contributed by atoms with Crippen molar-refractivity contribution in [3.63, 3.8) is 0 Å². The number of hydrogen-bond acceptors (Lipinski definition) is 8. The van der Waals surface area contributed by atoms with E-state index >= 15 is 0 Å². The van der Waals surface area contributed by atoms with Crippen molar-refractivity contribution < 1.29 is 23.8 Å². The van der Waals surface area contributed by atoms with Gasteiger partial charge < -0.3 is 29.8 Å². The van der Waals surface area contributed by atoms with E-state index in [1.54, 1.807) is 21.3 Å². The van der Waals surface area contributed by atoms with Gasteiger partial charge in [0, 0.05) is 19.2 Å². The van der Waals surface area contributed by atoms with E-state index in [0.717, 1.165) is 22.9 Å². The molecule has 10 nitrogen and oxygen atoms in total. The minimum atomic E-state index is -0.387. The van der Waals surface area contributed by atoms with E-state index in [0.29, 0.717) is 42.5 Å². The van der Waals surface area contributed by atoms with Crippen LogP contribution in [-0.4, -0.2) is 55.4 Å². The zero-order valence-corrected chi connectivity index (χ0v) is 21.8. The van der Waals surface area contributed by atoms with Crippen LogP contribution < -0.4 is 30.4 Å². The molecule has 37 heavy (non-hydrogen) atoms. The van der Waals surface area contributed by atoms with E-state index in [-0.39, 0.29) is 34.7 Å². The lowest BCUT2D eigenvalue weighted by molar-refractivity contribution is -0.121. The minimum Gasteiger partial charge on any atom is -0.497 e. The maximum atomic E-state index is 12.4. The summed E-state index contributed by atoms with van der Waals surface area (Å²) in [5.74, 6) is 1.57. The molecule has 0 radical (unpaired) electrons. The van der Waals surface area contributed by atoms with Crippen molar-refractivity contribution in [3.8, 4) is 17.2 Å². The molecule has 1 aromatic heterocycles. The second kappa shape index (κ2) is 13.9. The number of thioether (sulfide) groups is 1. The first-order valence-corrected chi connectivity index (χ1v) is 12.5. The zero-order chi connectivity index (χ0) is 26.6. The van der Waals surface area contributed by atoms with Crippen molar-refractivity contribution in [1.29, 1.82) is 0 Å². The zero-order valence-electron chi connectivity index (χ0n) is 21.0. The predicted molar refractivity (Wildman–Crippen MR) is 140 cm³/mol. The Hall–Kier alpha value is -3.99. The van der Waals surface area contributed by atoms with Crippen molar-refractivity contribution in [1.82, 2.24) is 20.6 Å². The number of carbonyl (C=O) groups is 2. The van der Waals surface area contributed by atoms with Crippen molar-refractivity contribution in [2.45, 2.75) is 24.5 Å². The van der Waals surface area contributed by atoms with Crippen LogP contribution in [0.1, 0.15) is 16.8 Å². The lowest BCUT2D eigenvalue weighted by Gasteiger charge is -2.10. The number of nitrogens with one attached hydrogen (secondary N) is 3. The first-order valence-electron chi connectivity index (χ1n) is 11.5. The molecule has 3 aromatic rings. The monoisotopic (exact) mass is 526 g/mol. The number of nitrogens with zero attached hydrogens (tertiary/aromatic N) is 1. The fourth-order valence-corrected chi connectivity index (χ4v) is 4.14. The van der Waals surface area contributed by atoms with Crippen molar-refractivity contribution in [3.05, 3.63) is 75.7 Å². The average Bonchev–Trinajstić information content (AvgIpc) is 2.90. The number of aromatic nitrogens is 2. The van der Waals surface area contributed by atoms with E-state index in [4.69, 9.17) is 14.2 Å². The van der Waals surface area contributed by atoms with Crippen LogP contribution in [0.5, 0.6) is 17.2 Å². The Bertz CT molecular complexity index is 1280. The summed E-state index contributed by atoms with van der Waals surface area (Å²) in [6.45, 7) is 0.761. The van der Waals surface area contributed by atoms with Gasteiger partial charge >= 0.3 is 0 Å². The quantitative estimate of drug-likeness (QED) is 0.228. The number of hydrogen-bond donors (Lipinski definition) is 3. The highest BCUT2D eigenvalue weighted by Crippen LogP contribution is 2.27. The molecule has 0 bridgehead atoms. The molecular weight excluding hydrogens is 496 g/mol. The Balaban J connectivity index is 1.45. The summed E-state index contributed by atoms with van der Waals surface area (Å²) in [6, 6.07) is 14.2.